The fourth-order valence-electron chi connectivity index (χ4n) is 2.10. The zero-order chi connectivity index (χ0) is 19.2. The first kappa shape index (κ1) is 19.0. The van der Waals surface area contributed by atoms with Gasteiger partial charge in [0.15, 0.2) is 0 Å². The molecule has 0 saturated carbocycles. The summed E-state index contributed by atoms with van der Waals surface area (Å²) in [5, 5.41) is 13.8. The summed E-state index contributed by atoms with van der Waals surface area (Å²) in [6.45, 7) is 0.134. The summed E-state index contributed by atoms with van der Waals surface area (Å²) in [6.07, 6.45) is -3.58. The third-order valence-corrected chi connectivity index (χ3v) is 3.29. The lowest BCUT2D eigenvalue weighted by molar-refractivity contribution is -0.137. The maximum Gasteiger partial charge on any atom is 0.418 e. The topological polar surface area (TPSA) is 64.9 Å². The van der Waals surface area contributed by atoms with Crippen molar-refractivity contribution in [2.75, 3.05) is 5.32 Å². The van der Waals surface area contributed by atoms with Crippen LogP contribution in [-0.4, -0.2) is 5.91 Å². The molecular formula is C18H13F4N3O. The zero-order valence-corrected chi connectivity index (χ0v) is 13.3. The van der Waals surface area contributed by atoms with Crippen LogP contribution in [0.2, 0.25) is 0 Å². The van der Waals surface area contributed by atoms with Crippen LogP contribution in [0.15, 0.2) is 60.3 Å². The SMILES string of the molecule is N#C/C(=C/NCc1cccc(F)c1)C(=O)Nc1ccccc1C(F)(F)F. The van der Waals surface area contributed by atoms with Crippen LogP contribution >= 0.6 is 0 Å². The first-order valence-electron chi connectivity index (χ1n) is 7.37. The smallest absolute Gasteiger partial charge is 0.386 e. The predicted molar refractivity (Wildman–Crippen MR) is 87.0 cm³/mol. The highest BCUT2D eigenvalue weighted by Crippen LogP contribution is 2.34. The van der Waals surface area contributed by atoms with Gasteiger partial charge in [0, 0.05) is 12.7 Å². The predicted octanol–water partition coefficient (Wildman–Crippen LogP) is 3.98. The molecule has 0 aliphatic rings. The third-order valence-electron chi connectivity index (χ3n) is 3.29. The molecule has 0 heterocycles. The summed E-state index contributed by atoms with van der Waals surface area (Å²) in [5.41, 5.74) is -1.31. The van der Waals surface area contributed by atoms with Crippen molar-refractivity contribution in [3.8, 4) is 6.07 Å². The molecule has 2 aromatic carbocycles. The number of nitrogens with zero attached hydrogens (tertiary/aromatic N) is 1. The molecule has 0 saturated heterocycles. The molecule has 0 atom stereocenters. The minimum Gasteiger partial charge on any atom is -0.386 e. The second-order valence-electron chi connectivity index (χ2n) is 5.18. The first-order valence-corrected chi connectivity index (χ1v) is 7.37. The molecule has 0 aliphatic heterocycles. The molecule has 2 aromatic rings. The van der Waals surface area contributed by atoms with Crippen molar-refractivity contribution in [3.05, 3.63) is 77.2 Å². The highest BCUT2D eigenvalue weighted by Gasteiger charge is 2.33. The van der Waals surface area contributed by atoms with E-state index in [9.17, 15) is 22.4 Å². The Morgan fingerprint density at radius 1 is 1.15 bits per heavy atom. The number of carbonyl (C=O) groups excluding carboxylic acids is 1. The number of nitrogens with one attached hydrogen (secondary N) is 2. The van der Waals surface area contributed by atoms with Crippen molar-refractivity contribution in [2.24, 2.45) is 0 Å². The lowest BCUT2D eigenvalue weighted by Gasteiger charge is -2.13. The summed E-state index contributed by atoms with van der Waals surface area (Å²) in [5.74, 6) is -1.42. The number of anilines is 1. The Balaban J connectivity index is 2.09. The van der Waals surface area contributed by atoms with Gasteiger partial charge in [0.1, 0.15) is 17.5 Å². The van der Waals surface area contributed by atoms with Gasteiger partial charge in [-0.05, 0) is 29.8 Å². The quantitative estimate of drug-likeness (QED) is 0.480. The molecule has 8 heteroatoms. The molecule has 4 nitrogen and oxygen atoms in total. The number of nitriles is 1. The molecule has 0 spiro atoms. The number of carbonyl (C=O) groups is 1. The van der Waals surface area contributed by atoms with Gasteiger partial charge in [-0.1, -0.05) is 24.3 Å². The molecule has 2 rings (SSSR count). The number of benzene rings is 2. The zero-order valence-electron chi connectivity index (χ0n) is 13.3. The number of amides is 1. The van der Waals surface area contributed by atoms with E-state index < -0.39 is 34.7 Å². The van der Waals surface area contributed by atoms with Crippen molar-refractivity contribution < 1.29 is 22.4 Å². The summed E-state index contributed by atoms with van der Waals surface area (Å²) >= 11 is 0. The van der Waals surface area contributed by atoms with Crippen LogP contribution in [0.1, 0.15) is 11.1 Å². The van der Waals surface area contributed by atoms with Crippen LogP contribution in [0.4, 0.5) is 23.2 Å². The summed E-state index contributed by atoms with van der Waals surface area (Å²) in [6, 6.07) is 11.7. The minimum atomic E-state index is -4.64. The standard InChI is InChI=1S/C18H13F4N3O/c19-14-5-3-4-12(8-14)10-24-11-13(9-23)17(26)25-16-7-2-1-6-15(16)18(20,21)22/h1-8,11,24H,10H2,(H,25,26)/b13-11-. The van der Waals surface area contributed by atoms with E-state index in [0.29, 0.717) is 5.56 Å². The fraction of sp³-hybridized carbons (Fsp3) is 0.111. The van der Waals surface area contributed by atoms with Crippen molar-refractivity contribution in [3.63, 3.8) is 0 Å². The molecule has 0 aromatic heterocycles. The maximum atomic E-state index is 13.1. The van der Waals surface area contributed by atoms with Crippen molar-refractivity contribution >= 4 is 11.6 Å². The minimum absolute atomic E-state index is 0.134. The van der Waals surface area contributed by atoms with E-state index in [1.54, 1.807) is 12.1 Å². The first-order chi connectivity index (χ1) is 12.3. The molecular weight excluding hydrogens is 350 g/mol. The molecule has 0 unspecified atom stereocenters. The fourth-order valence-corrected chi connectivity index (χ4v) is 2.10. The Morgan fingerprint density at radius 3 is 2.54 bits per heavy atom. The van der Waals surface area contributed by atoms with E-state index in [-0.39, 0.29) is 6.54 Å². The largest absolute Gasteiger partial charge is 0.418 e. The molecule has 0 radical (unpaired) electrons. The summed E-state index contributed by atoms with van der Waals surface area (Å²) in [4.78, 5) is 12.1. The Morgan fingerprint density at radius 2 is 1.88 bits per heavy atom. The van der Waals surface area contributed by atoms with Crippen LogP contribution < -0.4 is 10.6 Å². The summed E-state index contributed by atoms with van der Waals surface area (Å²) < 4.78 is 51.9. The highest BCUT2D eigenvalue weighted by molar-refractivity contribution is 6.06. The number of alkyl halides is 3. The monoisotopic (exact) mass is 363 g/mol. The number of para-hydroxylation sites is 1. The van der Waals surface area contributed by atoms with Crippen LogP contribution in [0.25, 0.3) is 0 Å². The number of rotatable bonds is 5. The number of hydrogen-bond acceptors (Lipinski definition) is 3. The van der Waals surface area contributed by atoms with Gasteiger partial charge in [-0.2, -0.15) is 18.4 Å². The Hall–Kier alpha value is -3.34. The molecule has 0 aliphatic carbocycles. The number of hydrogen-bond donors (Lipinski definition) is 2. The Bertz CT molecular complexity index is 869. The highest BCUT2D eigenvalue weighted by atomic mass is 19.4. The summed E-state index contributed by atoms with van der Waals surface area (Å²) in [7, 11) is 0. The average molecular weight is 363 g/mol. The van der Waals surface area contributed by atoms with E-state index in [4.69, 9.17) is 5.26 Å². The van der Waals surface area contributed by atoms with Gasteiger partial charge < -0.3 is 10.6 Å². The van der Waals surface area contributed by atoms with E-state index in [1.807, 2.05) is 0 Å². The Kier molecular flexibility index (Phi) is 5.96. The molecule has 0 fully saturated rings. The lowest BCUT2D eigenvalue weighted by Crippen LogP contribution is -2.19. The van der Waals surface area contributed by atoms with Gasteiger partial charge in [-0.3, -0.25) is 4.79 Å². The Labute approximate surface area is 146 Å². The van der Waals surface area contributed by atoms with Crippen LogP contribution in [-0.2, 0) is 17.5 Å². The van der Waals surface area contributed by atoms with E-state index in [1.165, 1.54) is 30.3 Å². The average Bonchev–Trinajstić information content (AvgIpc) is 2.58. The van der Waals surface area contributed by atoms with E-state index in [2.05, 4.69) is 10.6 Å². The lowest BCUT2D eigenvalue weighted by atomic mass is 10.1. The molecule has 0 bridgehead atoms. The van der Waals surface area contributed by atoms with Crippen molar-refractivity contribution in [2.45, 2.75) is 12.7 Å². The van der Waals surface area contributed by atoms with Gasteiger partial charge in [-0.25, -0.2) is 4.39 Å². The van der Waals surface area contributed by atoms with Crippen molar-refractivity contribution in [1.29, 1.82) is 5.26 Å². The number of halogens is 4. The van der Waals surface area contributed by atoms with Crippen molar-refractivity contribution in [1.82, 2.24) is 5.32 Å². The van der Waals surface area contributed by atoms with Gasteiger partial charge in [0.05, 0.1) is 11.3 Å². The normalized spacial score (nSPS) is 11.6. The van der Waals surface area contributed by atoms with E-state index in [0.717, 1.165) is 18.3 Å². The maximum absolute atomic E-state index is 13.1. The molecule has 134 valence electrons. The second-order valence-corrected chi connectivity index (χ2v) is 5.18. The molecule has 1 amide bonds. The second kappa shape index (κ2) is 8.16. The third kappa shape index (κ3) is 5.08. The van der Waals surface area contributed by atoms with Crippen LogP contribution in [0, 0.1) is 17.1 Å². The van der Waals surface area contributed by atoms with Crippen LogP contribution in [0.3, 0.4) is 0 Å². The van der Waals surface area contributed by atoms with Gasteiger partial charge in [-0.15, -0.1) is 0 Å². The molecule has 26 heavy (non-hydrogen) atoms. The van der Waals surface area contributed by atoms with E-state index >= 15 is 0 Å². The van der Waals surface area contributed by atoms with Gasteiger partial charge in [0.2, 0.25) is 0 Å². The van der Waals surface area contributed by atoms with Gasteiger partial charge >= 0.3 is 6.18 Å². The molecule has 2 N–H and O–H groups in total. The van der Waals surface area contributed by atoms with Gasteiger partial charge in [0.25, 0.3) is 5.91 Å². The van der Waals surface area contributed by atoms with Crippen LogP contribution in [0.5, 0.6) is 0 Å².